The fraction of sp³-hybridized carbons (Fsp3) is 0.667. The largest absolute Gasteiger partial charge is 0.488 e. The number of halogens is 1. The van der Waals surface area contributed by atoms with Crippen molar-refractivity contribution in [3.05, 3.63) is 29.8 Å². The Kier molecular flexibility index (Phi) is 12.5. The molecule has 0 radical (unpaired) electrons. The maximum absolute atomic E-state index is 5.97. The lowest BCUT2D eigenvalue weighted by atomic mass is 10.1. The molecule has 6 heteroatoms. The molecule has 0 saturated carbocycles. The molecule has 0 fully saturated rings. The van der Waals surface area contributed by atoms with E-state index in [1.54, 1.807) is 0 Å². The quantitative estimate of drug-likeness (QED) is 0.216. The zero-order valence-electron chi connectivity index (χ0n) is 17.2. The second-order valence-corrected chi connectivity index (χ2v) is 7.27. The minimum absolute atomic E-state index is 0. The Balaban J connectivity index is 0.00000364. The van der Waals surface area contributed by atoms with Crippen molar-refractivity contribution >= 4 is 29.9 Å². The third-order valence-electron chi connectivity index (χ3n) is 4.59. The van der Waals surface area contributed by atoms with Gasteiger partial charge in [-0.25, -0.2) is 4.99 Å². The zero-order chi connectivity index (χ0) is 18.6. The van der Waals surface area contributed by atoms with Crippen LogP contribution >= 0.6 is 24.0 Å². The number of nitrogens with zero attached hydrogens (tertiary/aromatic N) is 2. The van der Waals surface area contributed by atoms with Gasteiger partial charge in [0.1, 0.15) is 11.9 Å². The molecule has 5 nitrogen and oxygen atoms in total. The van der Waals surface area contributed by atoms with Crippen molar-refractivity contribution in [2.45, 2.75) is 51.6 Å². The van der Waals surface area contributed by atoms with Crippen molar-refractivity contribution in [3.8, 4) is 5.75 Å². The zero-order valence-corrected chi connectivity index (χ0v) is 19.5. The topological polar surface area (TPSA) is 48.9 Å². The number of aliphatic imine (C=N–C) groups is 1. The highest BCUT2D eigenvalue weighted by Gasteiger charge is 2.21. The van der Waals surface area contributed by atoms with Crippen LogP contribution in [-0.4, -0.2) is 57.2 Å². The van der Waals surface area contributed by atoms with Gasteiger partial charge in [-0.3, -0.25) is 0 Å². The summed E-state index contributed by atoms with van der Waals surface area (Å²) in [7, 11) is 4.28. The van der Waals surface area contributed by atoms with E-state index in [0.29, 0.717) is 6.54 Å². The Hall–Kier alpha value is -1.02. The highest BCUT2D eigenvalue weighted by atomic mass is 127. The Bertz CT molecular complexity index is 526. The molecule has 1 aromatic rings. The maximum atomic E-state index is 5.97. The van der Waals surface area contributed by atoms with Crippen LogP contribution in [0.5, 0.6) is 5.75 Å². The van der Waals surface area contributed by atoms with E-state index < -0.39 is 0 Å². The summed E-state index contributed by atoms with van der Waals surface area (Å²) in [5.41, 5.74) is 1.29. The molecule has 0 bridgehead atoms. The minimum Gasteiger partial charge on any atom is -0.488 e. The van der Waals surface area contributed by atoms with Gasteiger partial charge in [0.05, 0.1) is 6.54 Å². The first-order valence-corrected chi connectivity index (χ1v) is 10.1. The molecule has 1 aliphatic rings. The highest BCUT2D eigenvalue weighted by Crippen LogP contribution is 2.28. The van der Waals surface area contributed by atoms with E-state index in [2.05, 4.69) is 48.7 Å². The molecule has 2 rings (SSSR count). The molecule has 1 unspecified atom stereocenters. The number of benzene rings is 1. The number of guanidine groups is 1. The molecule has 1 aromatic carbocycles. The summed E-state index contributed by atoms with van der Waals surface area (Å²) < 4.78 is 5.97. The van der Waals surface area contributed by atoms with E-state index in [4.69, 9.17) is 9.73 Å². The van der Waals surface area contributed by atoms with E-state index in [1.165, 1.54) is 44.2 Å². The third kappa shape index (κ3) is 9.65. The van der Waals surface area contributed by atoms with Crippen LogP contribution in [0.25, 0.3) is 0 Å². The molecule has 154 valence electrons. The smallest absolute Gasteiger partial charge is 0.191 e. The molecule has 0 spiro atoms. The lowest BCUT2D eigenvalue weighted by Crippen LogP contribution is -2.38. The van der Waals surface area contributed by atoms with Gasteiger partial charge in [0, 0.05) is 19.5 Å². The number of hydrogen-bond donors (Lipinski definition) is 2. The van der Waals surface area contributed by atoms with Gasteiger partial charge in [-0.2, -0.15) is 0 Å². The summed E-state index contributed by atoms with van der Waals surface area (Å²) in [5.74, 6) is 1.92. The second kappa shape index (κ2) is 14.0. The van der Waals surface area contributed by atoms with E-state index in [1.807, 2.05) is 12.1 Å². The van der Waals surface area contributed by atoms with Gasteiger partial charge in [-0.05, 0) is 52.0 Å². The third-order valence-corrected chi connectivity index (χ3v) is 4.59. The van der Waals surface area contributed by atoms with Gasteiger partial charge in [-0.15, -0.1) is 24.0 Å². The lowest BCUT2D eigenvalue weighted by molar-refractivity contribution is 0.241. The Morgan fingerprint density at radius 1 is 1.11 bits per heavy atom. The maximum Gasteiger partial charge on any atom is 0.191 e. The monoisotopic (exact) mass is 488 g/mol. The van der Waals surface area contributed by atoms with Crippen molar-refractivity contribution in [1.29, 1.82) is 0 Å². The lowest BCUT2D eigenvalue weighted by Gasteiger charge is -2.13. The number of nitrogens with one attached hydrogen (secondary N) is 2. The minimum atomic E-state index is 0. The predicted octanol–water partition coefficient (Wildman–Crippen LogP) is 3.68. The van der Waals surface area contributed by atoms with Crippen molar-refractivity contribution in [3.63, 3.8) is 0 Å². The van der Waals surface area contributed by atoms with Crippen molar-refractivity contribution < 1.29 is 4.74 Å². The SMILES string of the molecule is CCNC(=NCC1Cc2ccccc2O1)NCCCCCCCN(C)C.I. The molecular weight excluding hydrogens is 451 g/mol. The average Bonchev–Trinajstić information content (AvgIpc) is 3.04. The van der Waals surface area contributed by atoms with E-state index in [0.717, 1.165) is 31.2 Å². The fourth-order valence-electron chi connectivity index (χ4n) is 3.18. The summed E-state index contributed by atoms with van der Waals surface area (Å²) in [4.78, 5) is 6.97. The van der Waals surface area contributed by atoms with Crippen LogP contribution in [0.1, 0.15) is 44.6 Å². The first kappa shape index (κ1) is 24.0. The Labute approximate surface area is 182 Å². The summed E-state index contributed by atoms with van der Waals surface area (Å²) in [6.45, 7) is 5.84. The molecule has 2 N–H and O–H groups in total. The highest BCUT2D eigenvalue weighted by molar-refractivity contribution is 14.0. The number of para-hydroxylation sites is 1. The predicted molar refractivity (Wildman–Crippen MR) is 126 cm³/mol. The molecule has 0 saturated heterocycles. The van der Waals surface area contributed by atoms with Gasteiger partial charge in [0.15, 0.2) is 5.96 Å². The molecule has 0 aliphatic carbocycles. The number of unbranched alkanes of at least 4 members (excludes halogenated alkanes) is 4. The second-order valence-electron chi connectivity index (χ2n) is 7.27. The van der Waals surface area contributed by atoms with Gasteiger partial charge < -0.3 is 20.3 Å². The summed E-state index contributed by atoms with van der Waals surface area (Å²) in [6.07, 6.45) is 7.52. The normalized spacial score (nSPS) is 15.9. The molecular formula is C21H37IN4O. The summed E-state index contributed by atoms with van der Waals surface area (Å²) in [5, 5.41) is 6.78. The van der Waals surface area contributed by atoms with Crippen molar-refractivity contribution in [2.24, 2.45) is 4.99 Å². The van der Waals surface area contributed by atoms with Crippen molar-refractivity contribution in [1.82, 2.24) is 15.5 Å². The summed E-state index contributed by atoms with van der Waals surface area (Å²) in [6, 6.07) is 8.28. The first-order chi connectivity index (χ1) is 12.7. The number of ether oxygens (including phenoxy) is 1. The number of fused-ring (bicyclic) bond motifs is 1. The first-order valence-electron chi connectivity index (χ1n) is 10.1. The van der Waals surface area contributed by atoms with Crippen molar-refractivity contribution in [2.75, 3.05) is 40.3 Å². The van der Waals surface area contributed by atoms with Gasteiger partial charge in [-0.1, -0.05) is 37.5 Å². The number of hydrogen-bond acceptors (Lipinski definition) is 3. The standard InChI is InChI=1S/C21H36N4O.HI/c1-4-22-21(23-14-10-6-5-7-11-15-25(2)3)24-17-19-16-18-12-8-9-13-20(18)26-19;/h8-9,12-13,19H,4-7,10-11,14-17H2,1-3H3,(H2,22,23,24);1H. The summed E-state index contributed by atoms with van der Waals surface area (Å²) >= 11 is 0. The fourth-order valence-corrected chi connectivity index (χ4v) is 3.18. The van der Waals surface area contributed by atoms with E-state index >= 15 is 0 Å². The molecule has 1 heterocycles. The molecule has 0 amide bonds. The molecule has 0 aromatic heterocycles. The van der Waals surface area contributed by atoms with Crippen LogP contribution in [0, 0.1) is 0 Å². The molecule has 27 heavy (non-hydrogen) atoms. The Morgan fingerprint density at radius 3 is 2.59 bits per heavy atom. The van der Waals surface area contributed by atoms with Crippen LogP contribution in [-0.2, 0) is 6.42 Å². The average molecular weight is 488 g/mol. The van der Waals surface area contributed by atoms with Gasteiger partial charge in [0.2, 0.25) is 0 Å². The molecule has 1 aliphatic heterocycles. The van der Waals surface area contributed by atoms with E-state index in [-0.39, 0.29) is 30.1 Å². The van der Waals surface area contributed by atoms with Crippen LogP contribution < -0.4 is 15.4 Å². The van der Waals surface area contributed by atoms with Gasteiger partial charge >= 0.3 is 0 Å². The van der Waals surface area contributed by atoms with E-state index in [9.17, 15) is 0 Å². The van der Waals surface area contributed by atoms with Crippen LogP contribution in [0.15, 0.2) is 29.3 Å². The Morgan fingerprint density at radius 2 is 1.85 bits per heavy atom. The number of rotatable bonds is 11. The van der Waals surface area contributed by atoms with Crippen LogP contribution in [0.3, 0.4) is 0 Å². The molecule has 1 atom stereocenters. The van der Waals surface area contributed by atoms with Crippen LogP contribution in [0.4, 0.5) is 0 Å². The van der Waals surface area contributed by atoms with Gasteiger partial charge in [0.25, 0.3) is 0 Å². The van der Waals surface area contributed by atoms with Crippen LogP contribution in [0.2, 0.25) is 0 Å².